The van der Waals surface area contributed by atoms with Crippen LogP contribution in [0.2, 0.25) is 0 Å². The summed E-state index contributed by atoms with van der Waals surface area (Å²) in [5.74, 6) is 0.727. The van der Waals surface area contributed by atoms with Crippen molar-refractivity contribution in [2.75, 3.05) is 17.7 Å². The molecule has 1 aromatic heterocycles. The number of hydrogen-bond donors (Lipinski definition) is 2. The van der Waals surface area contributed by atoms with Crippen molar-refractivity contribution >= 4 is 39.8 Å². The molecule has 0 radical (unpaired) electrons. The van der Waals surface area contributed by atoms with E-state index < -0.39 is 5.54 Å². The van der Waals surface area contributed by atoms with Crippen molar-refractivity contribution in [3.05, 3.63) is 24.3 Å². The first kappa shape index (κ1) is 21.0. The molecule has 9 heteroatoms. The van der Waals surface area contributed by atoms with Gasteiger partial charge >= 0.3 is 0 Å². The highest BCUT2D eigenvalue weighted by Gasteiger charge is 2.29. The van der Waals surface area contributed by atoms with Gasteiger partial charge in [-0.2, -0.15) is 5.26 Å². The van der Waals surface area contributed by atoms with Gasteiger partial charge in [-0.15, -0.1) is 10.2 Å². The van der Waals surface area contributed by atoms with Gasteiger partial charge in [0.25, 0.3) is 0 Å². The Morgan fingerprint density at radius 3 is 2.81 bits per heavy atom. The predicted molar refractivity (Wildman–Crippen MR) is 109 cm³/mol. The highest BCUT2D eigenvalue weighted by molar-refractivity contribution is 8.01. The van der Waals surface area contributed by atoms with Crippen molar-refractivity contribution < 1.29 is 9.53 Å². The number of hydrogen-bond acceptors (Lipinski definition) is 8. The van der Waals surface area contributed by atoms with Gasteiger partial charge in [-0.3, -0.25) is 4.79 Å². The van der Waals surface area contributed by atoms with E-state index in [1.54, 1.807) is 6.92 Å². The van der Waals surface area contributed by atoms with E-state index in [4.69, 9.17) is 4.74 Å². The van der Waals surface area contributed by atoms with E-state index in [0.29, 0.717) is 16.1 Å². The number of ether oxygens (including phenoxy) is 1. The topological polar surface area (TPSA) is 99.9 Å². The van der Waals surface area contributed by atoms with Crippen LogP contribution in [0.5, 0.6) is 5.75 Å². The van der Waals surface area contributed by atoms with Crippen LogP contribution in [0.3, 0.4) is 0 Å². The second-order valence-corrected chi connectivity index (χ2v) is 8.43. The van der Waals surface area contributed by atoms with E-state index in [1.165, 1.54) is 23.1 Å². The van der Waals surface area contributed by atoms with Crippen LogP contribution in [-0.4, -0.2) is 34.0 Å². The number of carbonyl (C=O) groups is 1. The molecule has 2 N–H and O–H groups in total. The lowest BCUT2D eigenvalue weighted by molar-refractivity contribution is -0.120. The van der Waals surface area contributed by atoms with Gasteiger partial charge in [-0.05, 0) is 31.9 Å². The second kappa shape index (κ2) is 9.58. The Kier molecular flexibility index (Phi) is 7.45. The average Bonchev–Trinajstić information content (AvgIpc) is 3.09. The Hall–Kier alpha value is -2.31. The Balaban J connectivity index is 1.93. The summed E-state index contributed by atoms with van der Waals surface area (Å²) in [6, 6.07) is 9.77. The van der Waals surface area contributed by atoms with E-state index in [2.05, 4.69) is 26.9 Å². The van der Waals surface area contributed by atoms with Crippen LogP contribution in [0.1, 0.15) is 27.7 Å². The lowest BCUT2D eigenvalue weighted by Gasteiger charge is -2.27. The SMILES string of the molecule is CCOc1ccccc1Nc1nnc(SCC(=O)N[C@@](C)(C#N)C(C)C)s1. The summed E-state index contributed by atoms with van der Waals surface area (Å²) in [4.78, 5) is 12.2. The molecule has 0 unspecified atom stereocenters. The molecule has 0 aliphatic heterocycles. The fraction of sp³-hybridized carbons (Fsp3) is 0.444. The fourth-order valence-corrected chi connectivity index (χ4v) is 3.60. The van der Waals surface area contributed by atoms with Crippen LogP contribution in [0.25, 0.3) is 0 Å². The van der Waals surface area contributed by atoms with Gasteiger partial charge in [0, 0.05) is 0 Å². The Labute approximate surface area is 167 Å². The third kappa shape index (κ3) is 5.84. The molecule has 27 heavy (non-hydrogen) atoms. The van der Waals surface area contributed by atoms with Gasteiger partial charge in [0.05, 0.1) is 24.1 Å². The van der Waals surface area contributed by atoms with E-state index >= 15 is 0 Å². The summed E-state index contributed by atoms with van der Waals surface area (Å²) in [6.07, 6.45) is 0. The van der Waals surface area contributed by atoms with Crippen LogP contribution in [-0.2, 0) is 4.79 Å². The number of benzene rings is 1. The van der Waals surface area contributed by atoms with E-state index in [9.17, 15) is 10.1 Å². The number of aromatic nitrogens is 2. The van der Waals surface area contributed by atoms with Gasteiger partial charge in [-0.25, -0.2) is 0 Å². The van der Waals surface area contributed by atoms with Crippen LogP contribution in [0, 0.1) is 17.2 Å². The number of carbonyl (C=O) groups excluding carboxylic acids is 1. The predicted octanol–water partition coefficient (Wildman–Crippen LogP) is 3.83. The first-order valence-electron chi connectivity index (χ1n) is 8.55. The van der Waals surface area contributed by atoms with E-state index in [0.717, 1.165) is 11.4 Å². The van der Waals surface area contributed by atoms with Gasteiger partial charge in [0.1, 0.15) is 11.3 Å². The molecule has 0 saturated carbocycles. The number of rotatable bonds is 9. The Morgan fingerprint density at radius 2 is 2.15 bits per heavy atom. The van der Waals surface area contributed by atoms with Crippen molar-refractivity contribution in [1.29, 1.82) is 5.26 Å². The number of anilines is 2. The summed E-state index contributed by atoms with van der Waals surface area (Å²) >= 11 is 2.65. The smallest absolute Gasteiger partial charge is 0.231 e. The molecule has 2 rings (SSSR count). The normalized spacial score (nSPS) is 12.9. The lowest BCUT2D eigenvalue weighted by atomic mass is 9.90. The minimum Gasteiger partial charge on any atom is -0.492 e. The molecular formula is C18H23N5O2S2. The average molecular weight is 406 g/mol. The number of amides is 1. The zero-order valence-corrected chi connectivity index (χ0v) is 17.4. The maximum atomic E-state index is 12.2. The molecule has 0 bridgehead atoms. The van der Waals surface area contributed by atoms with Crippen molar-refractivity contribution in [2.24, 2.45) is 5.92 Å². The van der Waals surface area contributed by atoms with E-state index in [-0.39, 0.29) is 17.6 Å². The molecule has 144 valence electrons. The molecule has 1 atom stereocenters. The zero-order valence-electron chi connectivity index (χ0n) is 15.8. The number of para-hydroxylation sites is 2. The first-order chi connectivity index (χ1) is 12.9. The van der Waals surface area contributed by atoms with Crippen LogP contribution in [0.15, 0.2) is 28.6 Å². The van der Waals surface area contributed by atoms with Gasteiger partial charge in [0.2, 0.25) is 11.0 Å². The Bertz CT molecular complexity index is 818. The molecule has 1 heterocycles. The van der Waals surface area contributed by atoms with Gasteiger partial charge < -0.3 is 15.4 Å². The highest BCUT2D eigenvalue weighted by atomic mass is 32.2. The maximum Gasteiger partial charge on any atom is 0.231 e. The van der Waals surface area contributed by atoms with Crippen molar-refractivity contribution in [3.63, 3.8) is 0 Å². The van der Waals surface area contributed by atoms with Gasteiger partial charge in [-0.1, -0.05) is 49.1 Å². The summed E-state index contributed by atoms with van der Waals surface area (Å²) in [5.41, 5.74) is -0.0689. The highest BCUT2D eigenvalue weighted by Crippen LogP contribution is 2.31. The summed E-state index contributed by atoms with van der Waals surface area (Å²) in [7, 11) is 0. The molecule has 0 saturated heterocycles. The quantitative estimate of drug-likeness (QED) is 0.612. The van der Waals surface area contributed by atoms with Crippen molar-refractivity contribution in [2.45, 2.75) is 37.6 Å². The third-order valence-corrected chi connectivity index (χ3v) is 5.92. The molecule has 0 aliphatic carbocycles. The zero-order chi connectivity index (χ0) is 19.9. The largest absolute Gasteiger partial charge is 0.492 e. The fourth-order valence-electron chi connectivity index (χ4n) is 2.04. The minimum atomic E-state index is -0.880. The van der Waals surface area contributed by atoms with Crippen molar-refractivity contribution in [1.82, 2.24) is 15.5 Å². The summed E-state index contributed by atoms with van der Waals surface area (Å²) in [6.45, 7) is 8.03. The molecule has 2 aromatic rings. The summed E-state index contributed by atoms with van der Waals surface area (Å²) in [5, 5.41) is 24.1. The van der Waals surface area contributed by atoms with Crippen molar-refractivity contribution in [3.8, 4) is 11.8 Å². The number of thioether (sulfide) groups is 1. The van der Waals surface area contributed by atoms with Crippen LogP contribution in [0.4, 0.5) is 10.8 Å². The molecule has 0 spiro atoms. The number of nitriles is 1. The molecule has 1 aromatic carbocycles. The lowest BCUT2D eigenvalue weighted by Crippen LogP contribution is -2.49. The second-order valence-electron chi connectivity index (χ2n) is 6.23. The van der Waals surface area contributed by atoms with Crippen LogP contribution < -0.4 is 15.4 Å². The third-order valence-electron chi connectivity index (χ3n) is 3.95. The number of nitrogens with one attached hydrogen (secondary N) is 2. The molecular weight excluding hydrogens is 382 g/mol. The molecule has 0 aliphatic rings. The van der Waals surface area contributed by atoms with E-state index in [1.807, 2.05) is 45.0 Å². The maximum absolute atomic E-state index is 12.2. The molecule has 1 amide bonds. The standard InChI is InChI=1S/C18H23N5O2S2/c1-5-25-14-9-7-6-8-13(14)20-16-22-23-17(27-16)26-10-15(24)21-18(4,11-19)12(2)3/h6-9,12H,5,10H2,1-4H3,(H,20,22)(H,21,24)/t18-/m0/s1. The summed E-state index contributed by atoms with van der Waals surface area (Å²) < 4.78 is 6.25. The monoisotopic (exact) mass is 405 g/mol. The molecule has 7 nitrogen and oxygen atoms in total. The van der Waals surface area contributed by atoms with Gasteiger partial charge in [0.15, 0.2) is 4.34 Å². The number of nitrogens with zero attached hydrogens (tertiary/aromatic N) is 3. The first-order valence-corrected chi connectivity index (χ1v) is 10.4. The van der Waals surface area contributed by atoms with Crippen LogP contribution >= 0.6 is 23.1 Å². The Morgan fingerprint density at radius 1 is 1.41 bits per heavy atom. The minimum absolute atomic E-state index is 0.0131. The molecule has 0 fully saturated rings.